The summed E-state index contributed by atoms with van der Waals surface area (Å²) in [5, 5.41) is 57.1. The first-order valence-electron chi connectivity index (χ1n) is 46.8. The second-order valence-corrected chi connectivity index (χ2v) is 35.4. The molecule has 0 saturated carbocycles. The minimum Gasteiger partial charge on any atom is -0.505 e. The first kappa shape index (κ1) is 97.5. The number of methoxy groups -OCH3 is 1. The Morgan fingerprint density at radius 2 is 0.604 bits per heavy atom. The largest absolute Gasteiger partial charge is 0.505 e. The van der Waals surface area contributed by atoms with Crippen LogP contribution in [0, 0.1) is 46.7 Å². The number of fused-ring (bicyclic) bond motifs is 10. The molecule has 5 amide bonds. The summed E-state index contributed by atoms with van der Waals surface area (Å²) in [6, 6.07) is 66.5. The summed E-state index contributed by atoms with van der Waals surface area (Å²) in [4.78, 5) is 115. The van der Waals surface area contributed by atoms with Crippen molar-refractivity contribution in [3.05, 3.63) is 434 Å². The number of hydrogen-bond acceptors (Lipinski definition) is 20. The second kappa shape index (κ2) is 41.0. The molecule has 0 bridgehead atoms. The molecule has 149 heavy (non-hydrogen) atoms. The van der Waals surface area contributed by atoms with E-state index in [-0.39, 0.29) is 184 Å². The van der Waals surface area contributed by atoms with Crippen LogP contribution in [0.1, 0.15) is 125 Å². The minimum absolute atomic E-state index is 0.0223. The molecule has 12 heterocycles. The molecule has 0 saturated heterocycles. The van der Waals surface area contributed by atoms with Crippen molar-refractivity contribution in [2.24, 2.45) is 0 Å². The monoisotopic (exact) mass is 2000 g/mol. The van der Waals surface area contributed by atoms with E-state index >= 15 is 0 Å². The van der Waals surface area contributed by atoms with Crippen LogP contribution in [0.3, 0.4) is 0 Å². The number of ether oxygens (including phenoxy) is 2. The van der Waals surface area contributed by atoms with Crippen LogP contribution in [0.2, 0.25) is 0 Å². The van der Waals surface area contributed by atoms with Crippen molar-refractivity contribution in [2.45, 2.75) is 72.4 Å². The molecule has 0 atom stereocenters. The van der Waals surface area contributed by atoms with Crippen molar-refractivity contribution in [2.75, 3.05) is 13.7 Å². The van der Waals surface area contributed by atoms with Gasteiger partial charge in [-0.3, -0.25) is 48.9 Å². The number of carbonyl (C=O) groups excluding carboxylic acids is 6. The van der Waals surface area contributed by atoms with Gasteiger partial charge in [-0.1, -0.05) is 115 Å². The van der Waals surface area contributed by atoms with Crippen LogP contribution in [0.4, 0.5) is 35.1 Å². The zero-order valence-electron chi connectivity index (χ0n) is 79.0. The first-order valence-corrected chi connectivity index (χ1v) is 46.8. The van der Waals surface area contributed by atoms with Crippen molar-refractivity contribution in [1.29, 1.82) is 0 Å². The number of esters is 1. The Morgan fingerprint density at radius 3 is 0.987 bits per heavy atom. The number of phenols is 5. The average molecular weight is 2000 g/mol. The number of amides is 5. The van der Waals surface area contributed by atoms with Gasteiger partial charge in [-0.2, -0.15) is 4.39 Å². The van der Waals surface area contributed by atoms with E-state index in [1.165, 1.54) is 95.1 Å². The summed E-state index contributed by atoms with van der Waals surface area (Å²) >= 11 is 0. The number of benzene rings is 12. The van der Waals surface area contributed by atoms with Crippen LogP contribution in [-0.2, 0) is 70.2 Å². The molecular formula is C116H82F8N12O13. The SMILES string of the molecule is CCOC(=O)c1ccccc1-c1c2c(c(O)c3ncccc13)C(=O)N(Cc1ccc(F)cc1)C2.COc1ncccc1-c1c2c(c(O)c3ncccc13)C(=O)N(Cc1ccc(F)cc1)C2.O=C1c2c(c(-c3c(F)cccc3F)c3cccnc3c2O)CN1Cc1ccc(F)cc1.O=C1c2c(c(-c3cccnc3F)c3cccnc3c2O)CN1Cc1ccc(F)cc1.O=C1c2c(cc3cccnc3c2O)CN1Cc1ccc(F)cc1. The van der Waals surface area contributed by atoms with E-state index in [0.717, 1.165) is 56.5 Å². The fourth-order valence-electron chi connectivity index (χ4n) is 19.7. The smallest absolute Gasteiger partial charge is 0.338 e. The Kier molecular flexibility index (Phi) is 26.9. The molecule has 0 fully saturated rings. The van der Waals surface area contributed by atoms with E-state index in [9.17, 15) is 89.4 Å². The topological polar surface area (TPSA) is 328 Å². The maximum Gasteiger partial charge on any atom is 0.338 e. The molecule has 25 nitrogen and oxygen atoms in total. The van der Waals surface area contributed by atoms with Crippen LogP contribution in [0.5, 0.6) is 34.6 Å². The van der Waals surface area contributed by atoms with Gasteiger partial charge in [0, 0.05) is 164 Å². The molecule has 33 heteroatoms. The number of pyridine rings is 7. The summed E-state index contributed by atoms with van der Waals surface area (Å²) in [7, 11) is 1.54. The number of carbonyl (C=O) groups is 6. The highest BCUT2D eigenvalue weighted by Gasteiger charge is 2.43. The molecule has 12 aromatic carbocycles. The summed E-state index contributed by atoms with van der Waals surface area (Å²) in [5.41, 5.74) is 12.7. The molecule has 7 aromatic heterocycles. The molecule has 24 rings (SSSR count). The van der Waals surface area contributed by atoms with Gasteiger partial charge in [0.05, 0.1) is 52.7 Å². The van der Waals surface area contributed by atoms with Gasteiger partial charge in [0.2, 0.25) is 11.8 Å². The third kappa shape index (κ3) is 18.7. The normalized spacial score (nSPS) is 13.1. The number of phenolic OH excluding ortho intramolecular Hbond substituents is 5. The molecule has 0 spiro atoms. The molecular weight excluding hydrogens is 1920 g/mol. The lowest BCUT2D eigenvalue weighted by Crippen LogP contribution is -2.23. The Bertz CT molecular complexity index is 8620. The molecule has 19 aromatic rings. The molecule has 5 N–H and O–H groups in total. The van der Waals surface area contributed by atoms with Crippen LogP contribution in [0.25, 0.3) is 99.0 Å². The third-order valence-electron chi connectivity index (χ3n) is 26.4. The molecule has 5 aliphatic rings. The molecule has 0 unspecified atom stereocenters. The van der Waals surface area contributed by atoms with Crippen molar-refractivity contribution in [3.8, 4) is 79.1 Å². The number of rotatable bonds is 17. The van der Waals surface area contributed by atoms with Gasteiger partial charge in [-0.05, 0) is 213 Å². The number of aromatic hydroxyl groups is 5. The van der Waals surface area contributed by atoms with Gasteiger partial charge in [0.1, 0.15) is 68.3 Å². The van der Waals surface area contributed by atoms with Gasteiger partial charge < -0.3 is 59.5 Å². The van der Waals surface area contributed by atoms with Crippen molar-refractivity contribution >= 4 is 90.0 Å². The molecule has 5 aliphatic heterocycles. The number of aromatic nitrogens is 7. The summed E-state index contributed by atoms with van der Waals surface area (Å²) in [6.07, 6.45) is 10.6. The fourth-order valence-corrected chi connectivity index (χ4v) is 19.7. The van der Waals surface area contributed by atoms with Gasteiger partial charge in [-0.25, -0.2) is 45.5 Å². The second-order valence-electron chi connectivity index (χ2n) is 35.4. The predicted octanol–water partition coefficient (Wildman–Crippen LogP) is 22.2. The van der Waals surface area contributed by atoms with Crippen LogP contribution < -0.4 is 4.74 Å². The zero-order valence-corrected chi connectivity index (χ0v) is 79.0. The highest BCUT2D eigenvalue weighted by atomic mass is 19.2. The lowest BCUT2D eigenvalue weighted by Gasteiger charge is -2.17. The summed E-state index contributed by atoms with van der Waals surface area (Å²) in [6.45, 7) is 4.39. The van der Waals surface area contributed by atoms with E-state index in [0.29, 0.717) is 114 Å². The number of halogens is 8. The zero-order chi connectivity index (χ0) is 104. The predicted molar refractivity (Wildman–Crippen MR) is 537 cm³/mol. The third-order valence-corrected chi connectivity index (χ3v) is 26.4. The Labute approximate surface area is 842 Å². The van der Waals surface area contributed by atoms with Crippen LogP contribution in [-0.4, -0.2) is 134 Å². The van der Waals surface area contributed by atoms with Crippen LogP contribution >= 0.6 is 0 Å². The standard InChI is InChI=1S/C27H21FN2O4.C24H15F3N2O2.C24H18FN3O3.C23H15F2N3O2.C18H13FN2O2/c1-2-34-27(33)19-7-4-3-6-18(19)22-20-8-5-13-29-24(20)25(31)23-21(22)15-30(26(23)32)14-16-9-11-17(28)12-10-16;25-14-8-6-13(7-9-14)11-29-12-16-19(21-17(26)4-1-5-18(21)27)15-3-2-10-28-22(15)23(30)20(16)24(29)31;1-31-23-17(5-3-11-27-23)19-16-4-2-10-26-21(16)22(29)20-18(19)13-28(24(20)30)12-14-6-8-15(25)9-7-14;24-14-7-5-13(6-8-14)11-28-12-17-18(16-4-2-10-27-22(16)25)15-3-1-9-26-20(15)21(29)19(17)23(28)30;19-14-5-3-11(4-6-14)9-21-10-13-8-12-2-1-7-20-16(12)17(22)15(13)18(21)23/h3-13,31H,2,14-15H2,1H3;1-10,30H,11-12H2;2-11,29H,12-13H2,1H3;1-10,29H,11-12H2;1-8,22H,9-10H2. The highest BCUT2D eigenvalue weighted by Crippen LogP contribution is 2.52. The van der Waals surface area contributed by atoms with Gasteiger partial charge in [0.15, 0.2) is 28.7 Å². The van der Waals surface area contributed by atoms with Gasteiger partial charge in [-0.15, -0.1) is 0 Å². The number of hydrogen-bond donors (Lipinski definition) is 5. The van der Waals surface area contributed by atoms with Gasteiger partial charge >= 0.3 is 5.97 Å². The lowest BCUT2D eigenvalue weighted by atomic mass is 9.89. The van der Waals surface area contributed by atoms with Gasteiger partial charge in [0.25, 0.3) is 29.5 Å². The van der Waals surface area contributed by atoms with E-state index in [1.807, 2.05) is 36.4 Å². The molecule has 0 radical (unpaired) electrons. The summed E-state index contributed by atoms with van der Waals surface area (Å²) in [5.74, 6) is -6.69. The van der Waals surface area contributed by atoms with Crippen molar-refractivity contribution in [1.82, 2.24) is 59.4 Å². The molecule has 0 aliphatic carbocycles. The maximum atomic E-state index is 14.8. The fraction of sp³-hybridized carbons (Fsp3) is 0.112. The minimum atomic E-state index is -0.775. The molecule has 740 valence electrons. The Hall–Kier alpha value is -19.0. The van der Waals surface area contributed by atoms with Crippen molar-refractivity contribution in [3.63, 3.8) is 0 Å². The lowest BCUT2D eigenvalue weighted by molar-refractivity contribution is 0.0525. The van der Waals surface area contributed by atoms with E-state index < -0.39 is 35.3 Å². The van der Waals surface area contributed by atoms with E-state index in [2.05, 4.69) is 34.9 Å². The average Bonchev–Trinajstić information content (AvgIpc) is 1.60. The number of nitrogens with zero attached hydrogens (tertiary/aromatic N) is 12. The Balaban J connectivity index is 0.000000113. The van der Waals surface area contributed by atoms with Crippen LogP contribution in [0.15, 0.2) is 298 Å². The maximum absolute atomic E-state index is 14.8. The Morgan fingerprint density at radius 1 is 0.302 bits per heavy atom. The van der Waals surface area contributed by atoms with E-state index in [1.54, 1.807) is 193 Å². The summed E-state index contributed by atoms with van der Waals surface area (Å²) < 4.78 is 121. The quantitative estimate of drug-likeness (QED) is 0.0321. The first-order chi connectivity index (χ1) is 72.2. The van der Waals surface area contributed by atoms with Crippen molar-refractivity contribution < 1.29 is 98.9 Å². The highest BCUT2D eigenvalue weighted by molar-refractivity contribution is 6.17. The van der Waals surface area contributed by atoms with E-state index in [4.69, 9.17) is 9.47 Å².